The molecule has 0 N–H and O–H groups in total. The van der Waals surface area contributed by atoms with Crippen molar-refractivity contribution in [1.82, 2.24) is 14.4 Å². The Hall–Kier alpha value is -2.51. The molecule has 2 aromatic rings. The third-order valence-corrected chi connectivity index (χ3v) is 4.99. The number of likely N-dealkylation sites (N-methyl/N-ethyl adjacent to an activating group) is 1. The van der Waals surface area contributed by atoms with E-state index in [1.807, 2.05) is 6.07 Å². The molecule has 1 atom stereocenters. The number of carbonyl (C=O) groups excluding carboxylic acids is 1. The monoisotopic (exact) mass is 371 g/mol. The van der Waals surface area contributed by atoms with Gasteiger partial charge in [-0.1, -0.05) is 6.07 Å². The molecule has 1 amide bonds. The van der Waals surface area contributed by atoms with Crippen LogP contribution in [0.15, 0.2) is 36.5 Å². The molecule has 7 heteroatoms. The first-order valence-corrected chi connectivity index (χ1v) is 9.14. The van der Waals surface area contributed by atoms with Crippen LogP contribution in [0.3, 0.4) is 0 Å². The number of nitrogens with zero attached hydrogens (tertiary/aromatic N) is 3. The van der Waals surface area contributed by atoms with Crippen LogP contribution >= 0.6 is 0 Å². The van der Waals surface area contributed by atoms with Crippen LogP contribution in [0.1, 0.15) is 17.3 Å². The molecular weight excluding hydrogens is 346 g/mol. The van der Waals surface area contributed by atoms with Crippen LogP contribution in [0.2, 0.25) is 0 Å². The van der Waals surface area contributed by atoms with Gasteiger partial charge in [-0.3, -0.25) is 9.69 Å². The van der Waals surface area contributed by atoms with Gasteiger partial charge in [-0.05, 0) is 29.8 Å². The van der Waals surface area contributed by atoms with Gasteiger partial charge in [-0.2, -0.15) is 0 Å². The SMILES string of the molecule is CN(C)C(=O)COCC1CN(Cc2ccc3c(c2)OCO3)Cc2cccn21. The summed E-state index contributed by atoms with van der Waals surface area (Å²) in [6, 6.07) is 10.5. The van der Waals surface area contributed by atoms with E-state index < -0.39 is 0 Å². The van der Waals surface area contributed by atoms with E-state index in [1.54, 1.807) is 19.0 Å². The highest BCUT2D eigenvalue weighted by Crippen LogP contribution is 2.33. The van der Waals surface area contributed by atoms with E-state index >= 15 is 0 Å². The summed E-state index contributed by atoms with van der Waals surface area (Å²) in [6.07, 6.45) is 2.09. The van der Waals surface area contributed by atoms with Crippen molar-refractivity contribution in [1.29, 1.82) is 0 Å². The van der Waals surface area contributed by atoms with Gasteiger partial charge in [-0.25, -0.2) is 0 Å². The average Bonchev–Trinajstić information content (AvgIpc) is 3.29. The molecule has 0 radical (unpaired) electrons. The molecule has 1 aromatic carbocycles. The molecule has 0 spiro atoms. The van der Waals surface area contributed by atoms with Gasteiger partial charge in [0.05, 0.1) is 12.6 Å². The van der Waals surface area contributed by atoms with Crippen molar-refractivity contribution >= 4 is 5.91 Å². The highest BCUT2D eigenvalue weighted by atomic mass is 16.7. The van der Waals surface area contributed by atoms with Crippen LogP contribution in [0.25, 0.3) is 0 Å². The van der Waals surface area contributed by atoms with E-state index in [9.17, 15) is 4.79 Å². The maximum atomic E-state index is 11.7. The van der Waals surface area contributed by atoms with Crippen LogP contribution in [-0.4, -0.2) is 60.9 Å². The molecule has 4 rings (SSSR count). The van der Waals surface area contributed by atoms with Gasteiger partial charge in [0.1, 0.15) is 6.61 Å². The molecule has 0 saturated carbocycles. The van der Waals surface area contributed by atoms with Gasteiger partial charge >= 0.3 is 0 Å². The Morgan fingerprint density at radius 3 is 2.96 bits per heavy atom. The van der Waals surface area contributed by atoms with Crippen LogP contribution in [0, 0.1) is 0 Å². The van der Waals surface area contributed by atoms with E-state index in [2.05, 4.69) is 39.9 Å². The standard InChI is InChI=1S/C20H25N3O4/c1-21(2)20(24)13-25-12-17-11-22(10-16-4-3-7-23(16)17)9-15-5-6-18-19(8-15)27-14-26-18/h3-8,17H,9-14H2,1-2H3. The Morgan fingerprint density at radius 1 is 1.26 bits per heavy atom. The summed E-state index contributed by atoms with van der Waals surface area (Å²) in [7, 11) is 3.48. The number of hydrogen-bond donors (Lipinski definition) is 0. The number of hydrogen-bond acceptors (Lipinski definition) is 5. The highest BCUT2D eigenvalue weighted by molar-refractivity contribution is 5.76. The van der Waals surface area contributed by atoms with E-state index in [1.165, 1.54) is 11.3 Å². The zero-order valence-electron chi connectivity index (χ0n) is 15.8. The van der Waals surface area contributed by atoms with Gasteiger partial charge in [0.25, 0.3) is 0 Å². The Morgan fingerprint density at radius 2 is 2.11 bits per heavy atom. The first-order valence-electron chi connectivity index (χ1n) is 9.14. The third kappa shape index (κ3) is 3.94. The van der Waals surface area contributed by atoms with Gasteiger partial charge in [-0.15, -0.1) is 0 Å². The molecule has 0 saturated heterocycles. The average molecular weight is 371 g/mol. The number of aromatic nitrogens is 1. The summed E-state index contributed by atoms with van der Waals surface area (Å²) in [4.78, 5) is 15.7. The molecule has 2 aliphatic heterocycles. The van der Waals surface area contributed by atoms with Crippen molar-refractivity contribution in [2.75, 3.05) is 40.6 Å². The minimum absolute atomic E-state index is 0.0178. The number of ether oxygens (including phenoxy) is 3. The second kappa shape index (κ2) is 7.62. The van der Waals surface area contributed by atoms with Crippen molar-refractivity contribution in [3.05, 3.63) is 47.8 Å². The van der Waals surface area contributed by atoms with E-state index in [-0.39, 0.29) is 18.6 Å². The molecule has 2 aliphatic rings. The summed E-state index contributed by atoms with van der Waals surface area (Å²) in [5, 5.41) is 0. The van der Waals surface area contributed by atoms with Crippen molar-refractivity contribution in [2.24, 2.45) is 0 Å². The Labute approximate surface area is 159 Å². The predicted octanol–water partition coefficient (Wildman–Crippen LogP) is 1.88. The maximum absolute atomic E-state index is 11.7. The summed E-state index contributed by atoms with van der Waals surface area (Å²) in [5.41, 5.74) is 2.45. The van der Waals surface area contributed by atoms with Gasteiger partial charge in [0.15, 0.2) is 11.5 Å². The summed E-state index contributed by atoms with van der Waals surface area (Å²) >= 11 is 0. The first kappa shape index (κ1) is 17.9. The number of carbonyl (C=O) groups is 1. The Kier molecular flexibility index (Phi) is 5.05. The zero-order chi connectivity index (χ0) is 18.8. The lowest BCUT2D eigenvalue weighted by molar-refractivity contribution is -0.134. The number of fused-ring (bicyclic) bond motifs is 2. The summed E-state index contributed by atoms with van der Waals surface area (Å²) in [5.74, 6) is 1.61. The fourth-order valence-corrected chi connectivity index (χ4v) is 3.56. The normalized spacial score (nSPS) is 18.4. The molecule has 3 heterocycles. The molecule has 1 aromatic heterocycles. The largest absolute Gasteiger partial charge is 0.454 e. The fourth-order valence-electron chi connectivity index (χ4n) is 3.56. The quantitative estimate of drug-likeness (QED) is 0.776. The van der Waals surface area contributed by atoms with E-state index in [4.69, 9.17) is 14.2 Å². The highest BCUT2D eigenvalue weighted by Gasteiger charge is 2.25. The molecule has 0 fully saturated rings. The van der Waals surface area contributed by atoms with Gasteiger partial charge in [0, 0.05) is 45.6 Å². The number of benzene rings is 1. The van der Waals surface area contributed by atoms with Gasteiger partial charge in [0.2, 0.25) is 12.7 Å². The molecule has 144 valence electrons. The zero-order valence-corrected chi connectivity index (χ0v) is 15.8. The minimum atomic E-state index is -0.0178. The molecule has 7 nitrogen and oxygen atoms in total. The summed E-state index contributed by atoms with van der Waals surface area (Å²) in [6.45, 7) is 3.50. The number of amides is 1. The summed E-state index contributed by atoms with van der Waals surface area (Å²) < 4.78 is 18.8. The van der Waals surface area contributed by atoms with Crippen molar-refractivity contribution in [3.8, 4) is 11.5 Å². The van der Waals surface area contributed by atoms with Crippen molar-refractivity contribution in [3.63, 3.8) is 0 Å². The lowest BCUT2D eigenvalue weighted by Crippen LogP contribution is -2.39. The molecule has 0 aliphatic carbocycles. The van der Waals surface area contributed by atoms with E-state index in [0.717, 1.165) is 31.1 Å². The van der Waals surface area contributed by atoms with E-state index in [0.29, 0.717) is 13.4 Å². The Balaban J connectivity index is 1.41. The predicted molar refractivity (Wildman–Crippen MR) is 99.7 cm³/mol. The second-order valence-corrected chi connectivity index (χ2v) is 7.22. The molecular formula is C20H25N3O4. The second-order valence-electron chi connectivity index (χ2n) is 7.22. The molecule has 1 unspecified atom stereocenters. The topological polar surface area (TPSA) is 56.2 Å². The smallest absolute Gasteiger partial charge is 0.248 e. The lowest BCUT2D eigenvalue weighted by atomic mass is 10.1. The lowest BCUT2D eigenvalue weighted by Gasteiger charge is -2.35. The molecule has 27 heavy (non-hydrogen) atoms. The first-order chi connectivity index (χ1) is 13.1. The molecule has 0 bridgehead atoms. The minimum Gasteiger partial charge on any atom is -0.454 e. The maximum Gasteiger partial charge on any atom is 0.248 e. The van der Waals surface area contributed by atoms with Gasteiger partial charge < -0.3 is 23.7 Å². The van der Waals surface area contributed by atoms with Crippen molar-refractivity contribution < 1.29 is 19.0 Å². The fraction of sp³-hybridized carbons (Fsp3) is 0.450. The van der Waals surface area contributed by atoms with Crippen molar-refractivity contribution in [2.45, 2.75) is 19.1 Å². The Bertz CT molecular complexity index is 817. The van der Waals surface area contributed by atoms with Crippen LogP contribution < -0.4 is 9.47 Å². The third-order valence-electron chi connectivity index (χ3n) is 4.99. The van der Waals surface area contributed by atoms with Crippen LogP contribution in [0.5, 0.6) is 11.5 Å². The van der Waals surface area contributed by atoms with Crippen LogP contribution in [-0.2, 0) is 22.6 Å². The number of rotatable bonds is 6. The van der Waals surface area contributed by atoms with Crippen LogP contribution in [0.4, 0.5) is 0 Å².